The molecule has 0 bridgehead atoms. The predicted octanol–water partition coefficient (Wildman–Crippen LogP) is 0.831. The van der Waals surface area contributed by atoms with Gasteiger partial charge in [0.2, 0.25) is 5.91 Å². The number of para-hydroxylation sites is 1. The number of carbonyl (C=O) groups is 1. The van der Waals surface area contributed by atoms with Crippen molar-refractivity contribution in [3.63, 3.8) is 0 Å². The first-order valence-corrected chi connectivity index (χ1v) is 4.81. The van der Waals surface area contributed by atoms with Crippen LogP contribution in [0.1, 0.15) is 18.5 Å². The van der Waals surface area contributed by atoms with E-state index in [-0.39, 0.29) is 18.5 Å². The molecule has 1 amide bonds. The average Bonchev–Trinajstić information content (AvgIpc) is 2.28. The van der Waals surface area contributed by atoms with Gasteiger partial charge in [-0.15, -0.1) is 0 Å². The highest BCUT2D eigenvalue weighted by molar-refractivity contribution is 5.78. The number of nitrogens with one attached hydrogen (secondary N) is 1. The van der Waals surface area contributed by atoms with Crippen molar-refractivity contribution in [2.24, 2.45) is 5.73 Å². The Hall–Kier alpha value is -1.55. The van der Waals surface area contributed by atoms with E-state index in [4.69, 9.17) is 10.5 Å². The lowest BCUT2D eigenvalue weighted by molar-refractivity contribution is -0.120. The van der Waals surface area contributed by atoms with E-state index in [1.807, 2.05) is 31.2 Å². The van der Waals surface area contributed by atoms with Crippen LogP contribution in [0.2, 0.25) is 0 Å². The molecule has 15 heavy (non-hydrogen) atoms. The molecule has 1 aromatic carbocycles. The van der Waals surface area contributed by atoms with Crippen molar-refractivity contribution >= 4 is 5.91 Å². The number of hydrogen-bond acceptors (Lipinski definition) is 3. The smallest absolute Gasteiger partial charge is 0.234 e. The first kappa shape index (κ1) is 11.5. The Balaban J connectivity index is 2.80. The zero-order valence-corrected chi connectivity index (χ0v) is 8.99. The summed E-state index contributed by atoms with van der Waals surface area (Å²) in [6.45, 7) is 1.89. The lowest BCUT2D eigenvalue weighted by Gasteiger charge is -2.16. The van der Waals surface area contributed by atoms with Gasteiger partial charge >= 0.3 is 0 Å². The second-order valence-corrected chi connectivity index (χ2v) is 3.24. The largest absolute Gasteiger partial charge is 0.496 e. The third kappa shape index (κ3) is 2.95. The van der Waals surface area contributed by atoms with Gasteiger partial charge in [-0.25, -0.2) is 0 Å². The van der Waals surface area contributed by atoms with Gasteiger partial charge in [-0.05, 0) is 13.0 Å². The van der Waals surface area contributed by atoms with Gasteiger partial charge in [-0.3, -0.25) is 4.79 Å². The van der Waals surface area contributed by atoms with Crippen LogP contribution in [0.4, 0.5) is 0 Å². The molecule has 0 aliphatic heterocycles. The lowest BCUT2D eigenvalue weighted by atomic mass is 10.1. The minimum Gasteiger partial charge on any atom is -0.496 e. The molecule has 0 aliphatic rings. The van der Waals surface area contributed by atoms with Crippen molar-refractivity contribution in [2.75, 3.05) is 13.7 Å². The second-order valence-electron chi connectivity index (χ2n) is 3.24. The van der Waals surface area contributed by atoms with Crippen LogP contribution in [0.15, 0.2) is 24.3 Å². The molecular formula is C11H16N2O2. The second kappa shape index (κ2) is 5.36. The Kier molecular flexibility index (Phi) is 4.12. The maximum atomic E-state index is 11.1. The molecule has 1 aromatic rings. The number of amides is 1. The van der Waals surface area contributed by atoms with Crippen LogP contribution in [0.3, 0.4) is 0 Å². The van der Waals surface area contributed by atoms with Gasteiger partial charge in [0.15, 0.2) is 0 Å². The molecule has 1 rings (SSSR count). The lowest BCUT2D eigenvalue weighted by Crippen LogP contribution is -2.32. The van der Waals surface area contributed by atoms with Crippen molar-refractivity contribution in [1.29, 1.82) is 0 Å². The summed E-state index contributed by atoms with van der Waals surface area (Å²) in [4.78, 5) is 11.1. The van der Waals surface area contributed by atoms with Gasteiger partial charge in [0.1, 0.15) is 5.75 Å². The Morgan fingerprint density at radius 2 is 2.20 bits per heavy atom. The number of nitrogens with two attached hydrogens (primary N) is 1. The molecule has 0 saturated heterocycles. The molecule has 1 atom stereocenters. The fourth-order valence-corrected chi connectivity index (χ4v) is 1.40. The van der Waals surface area contributed by atoms with Gasteiger partial charge in [0.05, 0.1) is 19.7 Å². The highest BCUT2D eigenvalue weighted by Crippen LogP contribution is 2.23. The molecule has 4 nitrogen and oxygen atoms in total. The molecule has 0 spiro atoms. The third-order valence-corrected chi connectivity index (χ3v) is 2.17. The Morgan fingerprint density at radius 1 is 1.53 bits per heavy atom. The SMILES string of the molecule is COc1ccccc1[C@@H](C)NC(=O)CN. The monoisotopic (exact) mass is 208 g/mol. The first-order valence-electron chi connectivity index (χ1n) is 4.81. The van der Waals surface area contributed by atoms with E-state index in [1.54, 1.807) is 7.11 Å². The fourth-order valence-electron chi connectivity index (χ4n) is 1.40. The maximum Gasteiger partial charge on any atom is 0.234 e. The molecule has 0 aromatic heterocycles. The average molecular weight is 208 g/mol. The standard InChI is InChI=1S/C11H16N2O2/c1-8(13-11(14)7-12)9-5-3-4-6-10(9)15-2/h3-6,8H,7,12H2,1-2H3,(H,13,14)/t8-/m1/s1. The minimum absolute atomic E-state index is 0.000507. The molecular weight excluding hydrogens is 192 g/mol. The van der Waals surface area contributed by atoms with E-state index in [0.717, 1.165) is 11.3 Å². The van der Waals surface area contributed by atoms with Crippen molar-refractivity contribution in [1.82, 2.24) is 5.32 Å². The number of benzene rings is 1. The van der Waals surface area contributed by atoms with Crippen molar-refractivity contribution in [2.45, 2.75) is 13.0 Å². The molecule has 82 valence electrons. The van der Waals surface area contributed by atoms with Gasteiger partial charge in [-0.1, -0.05) is 18.2 Å². The summed E-state index contributed by atoms with van der Waals surface area (Å²) in [5.41, 5.74) is 6.17. The van der Waals surface area contributed by atoms with Crippen LogP contribution < -0.4 is 15.8 Å². The summed E-state index contributed by atoms with van der Waals surface area (Å²) in [6.07, 6.45) is 0. The van der Waals surface area contributed by atoms with E-state index in [2.05, 4.69) is 5.32 Å². The Morgan fingerprint density at radius 3 is 2.80 bits per heavy atom. The van der Waals surface area contributed by atoms with Crippen LogP contribution in [-0.2, 0) is 4.79 Å². The van der Waals surface area contributed by atoms with Crippen LogP contribution >= 0.6 is 0 Å². The normalized spacial score (nSPS) is 11.9. The van der Waals surface area contributed by atoms with Gasteiger partial charge in [0, 0.05) is 5.56 Å². The number of methoxy groups -OCH3 is 1. The fraction of sp³-hybridized carbons (Fsp3) is 0.364. The highest BCUT2D eigenvalue weighted by Gasteiger charge is 2.12. The van der Waals surface area contributed by atoms with Crippen LogP contribution in [0.25, 0.3) is 0 Å². The van der Waals surface area contributed by atoms with E-state index in [9.17, 15) is 4.79 Å². The number of carbonyl (C=O) groups excluding carboxylic acids is 1. The molecule has 0 aliphatic carbocycles. The van der Waals surface area contributed by atoms with Crippen LogP contribution in [-0.4, -0.2) is 19.6 Å². The molecule has 3 N–H and O–H groups in total. The maximum absolute atomic E-state index is 11.1. The highest BCUT2D eigenvalue weighted by atomic mass is 16.5. The minimum atomic E-state index is -0.173. The zero-order valence-electron chi connectivity index (χ0n) is 8.99. The van der Waals surface area contributed by atoms with Gasteiger partial charge in [-0.2, -0.15) is 0 Å². The number of ether oxygens (including phenoxy) is 1. The molecule has 0 saturated carbocycles. The quantitative estimate of drug-likeness (QED) is 0.770. The molecule has 0 radical (unpaired) electrons. The molecule has 0 fully saturated rings. The van der Waals surface area contributed by atoms with Crippen molar-refractivity contribution < 1.29 is 9.53 Å². The Labute approximate surface area is 89.4 Å². The predicted molar refractivity (Wildman–Crippen MR) is 58.6 cm³/mol. The molecule has 0 unspecified atom stereocenters. The summed E-state index contributed by atoms with van der Waals surface area (Å²) in [5, 5.41) is 2.78. The topological polar surface area (TPSA) is 64.3 Å². The van der Waals surface area contributed by atoms with Crippen molar-refractivity contribution in [3.05, 3.63) is 29.8 Å². The number of hydrogen-bond donors (Lipinski definition) is 2. The molecule has 4 heteroatoms. The summed E-state index contributed by atoms with van der Waals surface area (Å²) in [6, 6.07) is 7.47. The zero-order chi connectivity index (χ0) is 11.3. The third-order valence-electron chi connectivity index (χ3n) is 2.17. The van der Waals surface area contributed by atoms with Crippen molar-refractivity contribution in [3.8, 4) is 5.75 Å². The van der Waals surface area contributed by atoms with Crippen LogP contribution in [0, 0.1) is 0 Å². The van der Waals surface area contributed by atoms with E-state index in [1.165, 1.54) is 0 Å². The summed E-state index contributed by atoms with van der Waals surface area (Å²) >= 11 is 0. The summed E-state index contributed by atoms with van der Waals surface area (Å²) in [7, 11) is 1.61. The summed E-state index contributed by atoms with van der Waals surface area (Å²) < 4.78 is 5.20. The van der Waals surface area contributed by atoms with E-state index in [0.29, 0.717) is 0 Å². The van der Waals surface area contributed by atoms with E-state index < -0.39 is 0 Å². The van der Waals surface area contributed by atoms with Gasteiger partial charge in [0.25, 0.3) is 0 Å². The first-order chi connectivity index (χ1) is 7.19. The van der Waals surface area contributed by atoms with Crippen LogP contribution in [0.5, 0.6) is 5.75 Å². The Bertz CT molecular complexity index is 339. The van der Waals surface area contributed by atoms with E-state index >= 15 is 0 Å². The molecule has 0 heterocycles. The van der Waals surface area contributed by atoms with Gasteiger partial charge < -0.3 is 15.8 Å². The number of rotatable bonds is 4. The summed E-state index contributed by atoms with van der Waals surface area (Å²) in [5.74, 6) is 0.593.